The molecule has 1 aromatic carbocycles. The van der Waals surface area contributed by atoms with E-state index in [1.54, 1.807) is 24.3 Å². The largest absolute Gasteiger partial charge is 0.354 e. The van der Waals surface area contributed by atoms with E-state index in [9.17, 15) is 4.79 Å². The summed E-state index contributed by atoms with van der Waals surface area (Å²) in [6.45, 7) is 0. The molecule has 1 fully saturated rings. The van der Waals surface area contributed by atoms with Gasteiger partial charge < -0.3 is 10.6 Å². The van der Waals surface area contributed by atoms with E-state index in [-0.39, 0.29) is 5.11 Å². The average molecular weight is 256 g/mol. The molecule has 0 aliphatic carbocycles. The van der Waals surface area contributed by atoms with Gasteiger partial charge in [-0.1, -0.05) is 12.1 Å². The third-order valence-corrected chi connectivity index (χ3v) is 2.90. The van der Waals surface area contributed by atoms with E-state index in [2.05, 4.69) is 10.6 Å². The van der Waals surface area contributed by atoms with Crippen molar-refractivity contribution in [1.82, 2.24) is 10.6 Å². The summed E-state index contributed by atoms with van der Waals surface area (Å²) >= 11 is 4.90. The topological polar surface area (TPSA) is 88.7 Å². The van der Waals surface area contributed by atoms with Gasteiger partial charge in [0.1, 0.15) is 5.92 Å². The molecule has 1 aliphatic heterocycles. The van der Waals surface area contributed by atoms with Crippen LogP contribution in [-0.2, 0) is 4.79 Å². The third-order valence-electron chi connectivity index (χ3n) is 2.68. The van der Waals surface area contributed by atoms with Crippen molar-refractivity contribution >= 4 is 23.2 Å². The zero-order valence-corrected chi connectivity index (χ0v) is 9.99. The van der Waals surface area contributed by atoms with E-state index in [1.807, 2.05) is 12.1 Å². The molecule has 1 aromatic rings. The lowest BCUT2D eigenvalue weighted by Gasteiger charge is -2.29. The van der Waals surface area contributed by atoms with E-state index in [0.29, 0.717) is 5.56 Å². The molecule has 1 heterocycles. The fourth-order valence-corrected chi connectivity index (χ4v) is 2.00. The number of nitriles is 2. The first kappa shape index (κ1) is 12.0. The molecule has 5 nitrogen and oxygen atoms in total. The molecule has 18 heavy (non-hydrogen) atoms. The molecule has 0 spiro atoms. The summed E-state index contributed by atoms with van der Waals surface area (Å²) in [4.78, 5) is 11.6. The average Bonchev–Trinajstić information content (AvgIpc) is 2.38. The normalized spacial score (nSPS) is 22.3. The minimum atomic E-state index is -0.843. The number of nitrogens with zero attached hydrogens (tertiary/aromatic N) is 2. The highest BCUT2D eigenvalue weighted by Crippen LogP contribution is 2.24. The van der Waals surface area contributed by atoms with E-state index in [0.717, 1.165) is 5.56 Å². The fraction of sp³-hybridized carbons (Fsp3) is 0.167. The van der Waals surface area contributed by atoms with Gasteiger partial charge in [0.05, 0.1) is 23.7 Å². The Morgan fingerprint density at radius 3 is 2.44 bits per heavy atom. The summed E-state index contributed by atoms with van der Waals surface area (Å²) < 4.78 is 0. The summed E-state index contributed by atoms with van der Waals surface area (Å²) in [5.41, 5.74) is 1.27. The standard InChI is InChI=1S/C12H8N4OS/c13-5-7-1-3-8(4-2-7)10-9(6-14)11(17)16-12(18)15-10/h1-4,9-10H,(H2,15,16,17,18). The summed E-state index contributed by atoms with van der Waals surface area (Å²) in [5.74, 6) is -1.25. The number of benzene rings is 1. The van der Waals surface area contributed by atoms with E-state index in [1.165, 1.54) is 0 Å². The number of amides is 1. The zero-order valence-electron chi connectivity index (χ0n) is 9.18. The first-order chi connectivity index (χ1) is 8.65. The molecule has 0 radical (unpaired) electrons. The quantitative estimate of drug-likeness (QED) is 0.723. The predicted octanol–water partition coefficient (Wildman–Crippen LogP) is 0.743. The molecular formula is C12H8N4OS. The summed E-state index contributed by atoms with van der Waals surface area (Å²) in [6, 6.07) is 10.2. The van der Waals surface area contributed by atoms with Crippen molar-refractivity contribution in [2.45, 2.75) is 6.04 Å². The summed E-state index contributed by atoms with van der Waals surface area (Å²) in [7, 11) is 0. The lowest BCUT2D eigenvalue weighted by atomic mass is 9.91. The van der Waals surface area contributed by atoms with Crippen molar-refractivity contribution in [1.29, 1.82) is 10.5 Å². The molecule has 2 rings (SSSR count). The van der Waals surface area contributed by atoms with Crippen LogP contribution in [0.15, 0.2) is 24.3 Å². The Kier molecular flexibility index (Phi) is 3.22. The van der Waals surface area contributed by atoms with Crippen LogP contribution in [0.1, 0.15) is 17.2 Å². The van der Waals surface area contributed by atoms with Crippen LogP contribution < -0.4 is 10.6 Å². The van der Waals surface area contributed by atoms with Crippen LogP contribution in [-0.4, -0.2) is 11.0 Å². The Bertz CT molecular complexity index is 582. The monoisotopic (exact) mass is 256 g/mol. The molecule has 0 bridgehead atoms. The van der Waals surface area contributed by atoms with Crippen LogP contribution >= 0.6 is 12.2 Å². The zero-order chi connectivity index (χ0) is 13.1. The summed E-state index contributed by atoms with van der Waals surface area (Å²) in [5, 5.41) is 23.3. The first-order valence-electron chi connectivity index (χ1n) is 5.16. The Labute approximate surface area is 109 Å². The van der Waals surface area contributed by atoms with Crippen molar-refractivity contribution in [3.05, 3.63) is 35.4 Å². The Balaban J connectivity index is 2.34. The molecule has 0 saturated carbocycles. The van der Waals surface area contributed by atoms with Gasteiger partial charge in [0.25, 0.3) is 0 Å². The first-order valence-corrected chi connectivity index (χ1v) is 5.57. The highest BCUT2D eigenvalue weighted by atomic mass is 32.1. The van der Waals surface area contributed by atoms with Gasteiger partial charge in [-0.2, -0.15) is 10.5 Å². The number of hydrogen-bond acceptors (Lipinski definition) is 4. The van der Waals surface area contributed by atoms with Crippen molar-refractivity contribution in [2.75, 3.05) is 0 Å². The minimum absolute atomic E-state index is 0.209. The van der Waals surface area contributed by atoms with Crippen molar-refractivity contribution in [2.24, 2.45) is 5.92 Å². The van der Waals surface area contributed by atoms with Crippen LogP contribution in [0, 0.1) is 28.6 Å². The molecule has 1 saturated heterocycles. The Morgan fingerprint density at radius 2 is 1.89 bits per heavy atom. The Hall–Kier alpha value is -2.44. The fourth-order valence-electron chi connectivity index (χ4n) is 1.78. The number of nitrogens with one attached hydrogen (secondary N) is 2. The van der Waals surface area contributed by atoms with Gasteiger partial charge in [-0.3, -0.25) is 4.79 Å². The van der Waals surface area contributed by atoms with Gasteiger partial charge in [0.15, 0.2) is 5.11 Å². The van der Waals surface area contributed by atoms with Crippen LogP contribution in [0.3, 0.4) is 0 Å². The number of carbonyl (C=O) groups is 1. The smallest absolute Gasteiger partial charge is 0.245 e. The molecular weight excluding hydrogens is 248 g/mol. The number of hydrogen-bond donors (Lipinski definition) is 2. The summed E-state index contributed by atoms with van der Waals surface area (Å²) in [6.07, 6.45) is 0. The third kappa shape index (κ3) is 2.15. The van der Waals surface area contributed by atoms with Gasteiger partial charge in [0, 0.05) is 0 Å². The highest BCUT2D eigenvalue weighted by molar-refractivity contribution is 7.80. The molecule has 1 aliphatic rings. The number of thiocarbonyl (C=S) groups is 1. The molecule has 6 heteroatoms. The van der Waals surface area contributed by atoms with Crippen LogP contribution in [0.5, 0.6) is 0 Å². The van der Waals surface area contributed by atoms with Crippen LogP contribution in [0.25, 0.3) is 0 Å². The lowest BCUT2D eigenvalue weighted by Crippen LogP contribution is -2.53. The molecule has 0 aromatic heterocycles. The second kappa shape index (κ2) is 4.82. The second-order valence-corrected chi connectivity index (χ2v) is 4.19. The SMILES string of the molecule is N#Cc1ccc(C2NC(=S)NC(=O)C2C#N)cc1. The second-order valence-electron chi connectivity index (χ2n) is 3.78. The molecule has 2 atom stereocenters. The van der Waals surface area contributed by atoms with Gasteiger partial charge in [-0.05, 0) is 29.9 Å². The van der Waals surface area contributed by atoms with Crippen molar-refractivity contribution in [3.8, 4) is 12.1 Å². The van der Waals surface area contributed by atoms with Gasteiger partial charge in [0.2, 0.25) is 5.91 Å². The van der Waals surface area contributed by atoms with Crippen LogP contribution in [0.2, 0.25) is 0 Å². The van der Waals surface area contributed by atoms with Crippen LogP contribution in [0.4, 0.5) is 0 Å². The van der Waals surface area contributed by atoms with E-state index >= 15 is 0 Å². The molecule has 2 unspecified atom stereocenters. The van der Waals surface area contributed by atoms with Gasteiger partial charge >= 0.3 is 0 Å². The molecule has 2 N–H and O–H groups in total. The predicted molar refractivity (Wildman–Crippen MR) is 66.9 cm³/mol. The number of rotatable bonds is 1. The van der Waals surface area contributed by atoms with E-state index < -0.39 is 17.9 Å². The minimum Gasteiger partial charge on any atom is -0.354 e. The number of carbonyl (C=O) groups excluding carboxylic acids is 1. The molecule has 88 valence electrons. The highest BCUT2D eigenvalue weighted by Gasteiger charge is 2.34. The van der Waals surface area contributed by atoms with Gasteiger partial charge in [-0.15, -0.1) is 0 Å². The molecule has 1 amide bonds. The van der Waals surface area contributed by atoms with Crippen molar-refractivity contribution < 1.29 is 4.79 Å². The van der Waals surface area contributed by atoms with E-state index in [4.69, 9.17) is 22.7 Å². The van der Waals surface area contributed by atoms with Crippen molar-refractivity contribution in [3.63, 3.8) is 0 Å². The maximum Gasteiger partial charge on any atom is 0.245 e. The van der Waals surface area contributed by atoms with Gasteiger partial charge in [-0.25, -0.2) is 0 Å². The lowest BCUT2D eigenvalue weighted by molar-refractivity contribution is -0.123. The maximum absolute atomic E-state index is 11.6. The maximum atomic E-state index is 11.6. The Morgan fingerprint density at radius 1 is 1.22 bits per heavy atom.